The molecule has 0 amide bonds. The van der Waals surface area contributed by atoms with Crippen LogP contribution in [0.1, 0.15) is 12.6 Å². The Bertz CT molecular complexity index is 574. The molecule has 0 bridgehead atoms. The van der Waals surface area contributed by atoms with Gasteiger partial charge in [-0.05, 0) is 18.4 Å². The fraction of sp³-hybridized carbons (Fsp3) is 0.286. The summed E-state index contributed by atoms with van der Waals surface area (Å²) in [4.78, 5) is 15.9. The van der Waals surface area contributed by atoms with E-state index in [4.69, 9.17) is 10.5 Å². The zero-order chi connectivity index (χ0) is 13.2. The van der Waals surface area contributed by atoms with E-state index in [0.29, 0.717) is 6.42 Å². The molecular weight excluding hydrogens is 228 g/mol. The van der Waals surface area contributed by atoms with Crippen LogP contribution in [-0.2, 0) is 16.0 Å². The predicted octanol–water partition coefficient (Wildman–Crippen LogP) is 1.67. The first-order valence-electron chi connectivity index (χ1n) is 5.74. The minimum absolute atomic E-state index is 0.348. The van der Waals surface area contributed by atoms with Gasteiger partial charge in [-0.3, -0.25) is 9.78 Å². The molecule has 94 valence electrons. The number of hydrogen-bond acceptors (Lipinski definition) is 4. The molecule has 2 N–H and O–H groups in total. The number of fused-ring (bicyclic) bond motifs is 1. The second kappa shape index (κ2) is 4.74. The molecule has 0 spiro atoms. The van der Waals surface area contributed by atoms with Crippen LogP contribution in [0, 0.1) is 0 Å². The molecule has 4 nitrogen and oxygen atoms in total. The first kappa shape index (κ1) is 12.5. The lowest BCUT2D eigenvalue weighted by atomic mass is 9.94. The van der Waals surface area contributed by atoms with Crippen molar-refractivity contribution in [3.05, 3.63) is 42.2 Å². The zero-order valence-corrected chi connectivity index (χ0v) is 10.5. The van der Waals surface area contributed by atoms with Crippen LogP contribution in [0.2, 0.25) is 0 Å². The van der Waals surface area contributed by atoms with E-state index in [0.717, 1.165) is 16.5 Å². The third kappa shape index (κ3) is 2.33. The second-order valence-corrected chi connectivity index (χ2v) is 4.56. The van der Waals surface area contributed by atoms with Crippen LogP contribution >= 0.6 is 0 Å². The Hall–Kier alpha value is -1.94. The zero-order valence-electron chi connectivity index (χ0n) is 10.5. The summed E-state index contributed by atoms with van der Waals surface area (Å²) < 4.78 is 4.71. The number of carbonyl (C=O) groups is 1. The van der Waals surface area contributed by atoms with Gasteiger partial charge in [0.05, 0.1) is 12.8 Å². The average molecular weight is 244 g/mol. The second-order valence-electron chi connectivity index (χ2n) is 4.56. The molecule has 2 aromatic rings. The molecule has 18 heavy (non-hydrogen) atoms. The summed E-state index contributed by atoms with van der Waals surface area (Å²) in [6, 6.07) is 9.83. The lowest BCUT2D eigenvalue weighted by Crippen LogP contribution is -2.47. The average Bonchev–Trinajstić information content (AvgIpc) is 2.38. The molecule has 0 aliphatic heterocycles. The Morgan fingerprint density at radius 1 is 1.39 bits per heavy atom. The fourth-order valence-electron chi connectivity index (χ4n) is 1.98. The van der Waals surface area contributed by atoms with Gasteiger partial charge in [0, 0.05) is 18.0 Å². The molecule has 1 unspecified atom stereocenters. The van der Waals surface area contributed by atoms with E-state index in [1.54, 1.807) is 13.1 Å². The number of benzene rings is 1. The molecule has 1 aromatic carbocycles. The maximum atomic E-state index is 11.6. The molecule has 2 rings (SSSR count). The van der Waals surface area contributed by atoms with E-state index in [2.05, 4.69) is 4.98 Å². The topological polar surface area (TPSA) is 65.2 Å². The molecule has 1 aromatic heterocycles. The highest BCUT2D eigenvalue weighted by molar-refractivity contribution is 5.86. The molecule has 0 aliphatic carbocycles. The number of carbonyl (C=O) groups excluding carboxylic acids is 1. The molecule has 1 heterocycles. The molecule has 4 heteroatoms. The summed E-state index contributed by atoms with van der Waals surface area (Å²) in [5, 5.41) is 2.10. The van der Waals surface area contributed by atoms with Gasteiger partial charge in [-0.2, -0.15) is 0 Å². The SMILES string of the molecule is COC(=O)C(C)(N)Cc1nccc2ccccc12. The summed E-state index contributed by atoms with van der Waals surface area (Å²) in [6.07, 6.45) is 2.08. The number of nitrogens with zero attached hydrogens (tertiary/aromatic N) is 1. The van der Waals surface area contributed by atoms with Gasteiger partial charge in [-0.1, -0.05) is 24.3 Å². The van der Waals surface area contributed by atoms with Crippen LogP contribution in [0.3, 0.4) is 0 Å². The quantitative estimate of drug-likeness (QED) is 0.834. The highest BCUT2D eigenvalue weighted by atomic mass is 16.5. The van der Waals surface area contributed by atoms with Gasteiger partial charge in [0.15, 0.2) is 0 Å². The smallest absolute Gasteiger partial charge is 0.325 e. The fourth-order valence-corrected chi connectivity index (χ4v) is 1.98. The Balaban J connectivity index is 2.41. The number of aromatic nitrogens is 1. The van der Waals surface area contributed by atoms with Crippen molar-refractivity contribution < 1.29 is 9.53 Å². The molecule has 0 saturated carbocycles. The van der Waals surface area contributed by atoms with Crippen molar-refractivity contribution in [1.82, 2.24) is 4.98 Å². The van der Waals surface area contributed by atoms with E-state index < -0.39 is 11.5 Å². The third-order valence-corrected chi connectivity index (χ3v) is 2.94. The summed E-state index contributed by atoms with van der Waals surface area (Å²) in [5.41, 5.74) is 5.72. The Labute approximate surface area is 106 Å². The Morgan fingerprint density at radius 3 is 2.83 bits per heavy atom. The lowest BCUT2D eigenvalue weighted by Gasteiger charge is -2.21. The van der Waals surface area contributed by atoms with Gasteiger partial charge < -0.3 is 10.5 Å². The van der Waals surface area contributed by atoms with Gasteiger partial charge in [-0.15, -0.1) is 0 Å². The van der Waals surface area contributed by atoms with Gasteiger partial charge >= 0.3 is 5.97 Å². The van der Waals surface area contributed by atoms with E-state index in [1.807, 2.05) is 30.3 Å². The standard InChI is InChI=1S/C14H16N2O2/c1-14(15,13(17)18-2)9-12-11-6-4-3-5-10(11)7-8-16-12/h3-8H,9,15H2,1-2H3. The predicted molar refractivity (Wildman–Crippen MR) is 70.1 cm³/mol. The van der Waals surface area contributed by atoms with Gasteiger partial charge in [0.2, 0.25) is 0 Å². The van der Waals surface area contributed by atoms with E-state index in [9.17, 15) is 4.79 Å². The van der Waals surface area contributed by atoms with Crippen LogP contribution in [-0.4, -0.2) is 23.6 Å². The number of nitrogens with two attached hydrogens (primary N) is 1. The maximum absolute atomic E-state index is 11.6. The Morgan fingerprint density at radius 2 is 2.11 bits per heavy atom. The van der Waals surface area contributed by atoms with Crippen molar-refractivity contribution in [1.29, 1.82) is 0 Å². The number of ether oxygens (including phenoxy) is 1. The van der Waals surface area contributed by atoms with Crippen LogP contribution in [0.4, 0.5) is 0 Å². The maximum Gasteiger partial charge on any atom is 0.325 e. The summed E-state index contributed by atoms with van der Waals surface area (Å²) in [5.74, 6) is -0.433. The molecule has 0 radical (unpaired) electrons. The van der Waals surface area contributed by atoms with Crippen LogP contribution in [0.25, 0.3) is 10.8 Å². The molecule has 0 fully saturated rings. The molecule has 1 atom stereocenters. The third-order valence-electron chi connectivity index (χ3n) is 2.94. The van der Waals surface area contributed by atoms with Crippen molar-refractivity contribution in [2.24, 2.45) is 5.73 Å². The molecule has 0 saturated heterocycles. The molecular formula is C14H16N2O2. The highest BCUT2D eigenvalue weighted by Gasteiger charge is 2.30. The minimum atomic E-state index is -1.06. The largest absolute Gasteiger partial charge is 0.468 e. The lowest BCUT2D eigenvalue weighted by molar-refractivity contribution is -0.146. The van der Waals surface area contributed by atoms with Gasteiger partial charge in [0.25, 0.3) is 0 Å². The van der Waals surface area contributed by atoms with Crippen molar-refractivity contribution in [3.8, 4) is 0 Å². The number of pyridine rings is 1. The van der Waals surface area contributed by atoms with Crippen molar-refractivity contribution >= 4 is 16.7 Å². The van der Waals surface area contributed by atoms with Crippen LogP contribution in [0.5, 0.6) is 0 Å². The van der Waals surface area contributed by atoms with Crippen molar-refractivity contribution in [2.45, 2.75) is 18.9 Å². The van der Waals surface area contributed by atoms with Gasteiger partial charge in [-0.25, -0.2) is 0 Å². The summed E-state index contributed by atoms with van der Waals surface area (Å²) in [7, 11) is 1.34. The highest BCUT2D eigenvalue weighted by Crippen LogP contribution is 2.20. The summed E-state index contributed by atoms with van der Waals surface area (Å²) >= 11 is 0. The van der Waals surface area contributed by atoms with Crippen molar-refractivity contribution in [2.75, 3.05) is 7.11 Å². The number of esters is 1. The first-order valence-corrected chi connectivity index (χ1v) is 5.74. The number of hydrogen-bond donors (Lipinski definition) is 1. The Kier molecular flexibility index (Phi) is 3.30. The van der Waals surface area contributed by atoms with Crippen LogP contribution < -0.4 is 5.73 Å². The molecule has 0 aliphatic rings. The van der Waals surface area contributed by atoms with E-state index >= 15 is 0 Å². The number of methoxy groups -OCH3 is 1. The van der Waals surface area contributed by atoms with Crippen molar-refractivity contribution in [3.63, 3.8) is 0 Å². The van der Waals surface area contributed by atoms with E-state index in [-0.39, 0.29) is 0 Å². The van der Waals surface area contributed by atoms with Crippen LogP contribution in [0.15, 0.2) is 36.5 Å². The van der Waals surface area contributed by atoms with E-state index in [1.165, 1.54) is 7.11 Å². The normalized spacial score (nSPS) is 14.2. The number of rotatable bonds is 3. The monoisotopic (exact) mass is 244 g/mol. The summed E-state index contributed by atoms with van der Waals surface area (Å²) in [6.45, 7) is 1.66. The first-order chi connectivity index (χ1) is 8.54. The minimum Gasteiger partial charge on any atom is -0.468 e. The van der Waals surface area contributed by atoms with Gasteiger partial charge in [0.1, 0.15) is 5.54 Å².